The van der Waals surface area contributed by atoms with Gasteiger partial charge in [0.05, 0.1) is 17.9 Å². The maximum absolute atomic E-state index is 5.80. The van der Waals surface area contributed by atoms with E-state index < -0.39 is 0 Å². The number of hydrogen-bond acceptors (Lipinski definition) is 5. The molecule has 0 aliphatic carbocycles. The topological polar surface area (TPSA) is 69.6 Å². The van der Waals surface area contributed by atoms with E-state index in [2.05, 4.69) is 29.1 Å². The minimum absolute atomic E-state index is 0.539. The summed E-state index contributed by atoms with van der Waals surface area (Å²) in [5, 5.41) is 9.06. The third kappa shape index (κ3) is 2.46. The van der Waals surface area contributed by atoms with Gasteiger partial charge in [-0.05, 0) is 20.3 Å². The zero-order valence-corrected chi connectivity index (χ0v) is 11.2. The van der Waals surface area contributed by atoms with Crippen LogP contribution in [0.15, 0.2) is 0 Å². The predicted molar refractivity (Wildman–Crippen MR) is 69.1 cm³/mol. The Balaban J connectivity index is 2.23. The molecule has 0 atom stereocenters. The normalized spacial score (nSPS) is 11.0. The van der Waals surface area contributed by atoms with Crippen LogP contribution in [0, 0.1) is 13.8 Å². The van der Waals surface area contributed by atoms with Gasteiger partial charge in [0.15, 0.2) is 5.82 Å². The van der Waals surface area contributed by atoms with Crippen LogP contribution in [0.1, 0.15) is 34.6 Å². The summed E-state index contributed by atoms with van der Waals surface area (Å²) in [6.45, 7) is 6.89. The monoisotopic (exact) mass is 251 g/mol. The van der Waals surface area contributed by atoms with Crippen LogP contribution < -0.4 is 5.73 Å². The van der Waals surface area contributed by atoms with Crippen molar-refractivity contribution in [1.29, 1.82) is 0 Å². The second-order valence-corrected chi connectivity index (χ2v) is 5.37. The Morgan fingerprint density at radius 1 is 1.35 bits per heavy atom. The van der Waals surface area contributed by atoms with Crippen molar-refractivity contribution in [3.8, 4) is 0 Å². The quantitative estimate of drug-likeness (QED) is 0.901. The van der Waals surface area contributed by atoms with E-state index in [4.69, 9.17) is 5.73 Å². The molecule has 17 heavy (non-hydrogen) atoms. The van der Waals surface area contributed by atoms with Crippen LogP contribution in [-0.2, 0) is 13.0 Å². The van der Waals surface area contributed by atoms with Crippen molar-refractivity contribution in [1.82, 2.24) is 20.0 Å². The van der Waals surface area contributed by atoms with Crippen molar-refractivity contribution < 1.29 is 0 Å². The largest absolute Gasteiger partial charge is 0.381 e. The fraction of sp³-hybridized carbons (Fsp3) is 0.545. The van der Waals surface area contributed by atoms with Crippen LogP contribution in [0.25, 0.3) is 0 Å². The average molecular weight is 251 g/mol. The van der Waals surface area contributed by atoms with Crippen molar-refractivity contribution in [2.75, 3.05) is 5.73 Å². The lowest BCUT2D eigenvalue weighted by Gasteiger charge is -2.03. The SMILES string of the molecule is CCCc1c(N)nnn1Cc1nc(C)c(C)s1. The van der Waals surface area contributed by atoms with Gasteiger partial charge in [0.1, 0.15) is 5.01 Å². The second-order valence-electron chi connectivity index (χ2n) is 4.08. The van der Waals surface area contributed by atoms with E-state index in [-0.39, 0.29) is 0 Å². The zero-order chi connectivity index (χ0) is 12.4. The van der Waals surface area contributed by atoms with Crippen LogP contribution in [-0.4, -0.2) is 20.0 Å². The number of nitrogens with two attached hydrogens (primary N) is 1. The molecule has 2 N–H and O–H groups in total. The van der Waals surface area contributed by atoms with Crippen molar-refractivity contribution in [3.63, 3.8) is 0 Å². The van der Waals surface area contributed by atoms with E-state index >= 15 is 0 Å². The summed E-state index contributed by atoms with van der Waals surface area (Å²) < 4.78 is 1.86. The van der Waals surface area contributed by atoms with E-state index in [1.54, 1.807) is 11.3 Å². The minimum atomic E-state index is 0.539. The standard InChI is InChI=1S/C11H17N5S/c1-4-5-9-11(12)14-15-16(9)6-10-13-7(2)8(3)17-10/h4-6,12H2,1-3H3. The van der Waals surface area contributed by atoms with Crippen molar-refractivity contribution in [2.45, 2.75) is 40.2 Å². The Hall–Kier alpha value is -1.43. The van der Waals surface area contributed by atoms with Crippen LogP contribution in [0.5, 0.6) is 0 Å². The molecule has 92 valence electrons. The lowest BCUT2D eigenvalue weighted by Crippen LogP contribution is -2.07. The molecule has 0 amide bonds. The molecule has 0 aromatic carbocycles. The first-order valence-electron chi connectivity index (χ1n) is 5.72. The number of anilines is 1. The third-order valence-corrected chi connectivity index (χ3v) is 3.77. The van der Waals surface area contributed by atoms with Gasteiger partial charge < -0.3 is 5.73 Å². The lowest BCUT2D eigenvalue weighted by atomic mass is 10.2. The van der Waals surface area contributed by atoms with Crippen LogP contribution >= 0.6 is 11.3 Å². The van der Waals surface area contributed by atoms with Gasteiger partial charge in [0.25, 0.3) is 0 Å². The molecule has 2 aromatic rings. The Bertz CT molecular complexity index is 494. The highest BCUT2D eigenvalue weighted by molar-refractivity contribution is 7.11. The molecule has 0 aliphatic heterocycles. The molecule has 2 heterocycles. The molecule has 0 saturated carbocycles. The van der Waals surface area contributed by atoms with Gasteiger partial charge >= 0.3 is 0 Å². The summed E-state index contributed by atoms with van der Waals surface area (Å²) in [4.78, 5) is 5.76. The first kappa shape index (κ1) is 12.0. The van der Waals surface area contributed by atoms with E-state index in [0.29, 0.717) is 12.4 Å². The van der Waals surface area contributed by atoms with Gasteiger partial charge in [0.2, 0.25) is 0 Å². The van der Waals surface area contributed by atoms with Crippen LogP contribution in [0.4, 0.5) is 5.82 Å². The van der Waals surface area contributed by atoms with Crippen molar-refractivity contribution in [3.05, 3.63) is 21.3 Å². The van der Waals surface area contributed by atoms with E-state index in [1.807, 2.05) is 11.6 Å². The average Bonchev–Trinajstić information content (AvgIpc) is 2.76. The minimum Gasteiger partial charge on any atom is -0.381 e. The molecular formula is C11H17N5S. The third-order valence-electron chi connectivity index (χ3n) is 2.71. The van der Waals surface area contributed by atoms with Crippen LogP contribution in [0.3, 0.4) is 0 Å². The van der Waals surface area contributed by atoms with Gasteiger partial charge in [-0.25, -0.2) is 9.67 Å². The molecule has 2 rings (SSSR count). The number of nitrogen functional groups attached to an aromatic ring is 1. The van der Waals surface area contributed by atoms with Gasteiger partial charge in [-0.2, -0.15) is 0 Å². The number of rotatable bonds is 4. The molecule has 0 aliphatic rings. The Morgan fingerprint density at radius 2 is 2.12 bits per heavy atom. The summed E-state index contributed by atoms with van der Waals surface area (Å²) >= 11 is 1.70. The van der Waals surface area contributed by atoms with E-state index in [0.717, 1.165) is 29.2 Å². The molecule has 0 fully saturated rings. The number of aryl methyl sites for hydroxylation is 2. The fourth-order valence-electron chi connectivity index (χ4n) is 1.70. The molecule has 2 aromatic heterocycles. The summed E-state index contributed by atoms with van der Waals surface area (Å²) in [5.74, 6) is 0.539. The maximum atomic E-state index is 5.80. The molecule has 6 heteroatoms. The summed E-state index contributed by atoms with van der Waals surface area (Å²) in [6, 6.07) is 0. The van der Waals surface area contributed by atoms with Gasteiger partial charge in [-0.3, -0.25) is 0 Å². The van der Waals surface area contributed by atoms with Gasteiger partial charge in [-0.1, -0.05) is 18.6 Å². The highest BCUT2D eigenvalue weighted by Crippen LogP contribution is 2.19. The smallest absolute Gasteiger partial charge is 0.169 e. The number of nitrogens with zero attached hydrogens (tertiary/aromatic N) is 4. The summed E-state index contributed by atoms with van der Waals surface area (Å²) in [7, 11) is 0. The highest BCUT2D eigenvalue weighted by atomic mass is 32.1. The number of hydrogen-bond donors (Lipinski definition) is 1. The molecule has 0 saturated heterocycles. The molecule has 0 radical (unpaired) electrons. The summed E-state index contributed by atoms with van der Waals surface area (Å²) in [5.41, 5.74) is 7.91. The number of thiazole rings is 1. The van der Waals surface area contributed by atoms with E-state index in [1.165, 1.54) is 4.88 Å². The van der Waals surface area contributed by atoms with Gasteiger partial charge in [0, 0.05) is 4.88 Å². The highest BCUT2D eigenvalue weighted by Gasteiger charge is 2.11. The maximum Gasteiger partial charge on any atom is 0.169 e. The molecule has 0 spiro atoms. The molecular weight excluding hydrogens is 234 g/mol. The molecule has 0 unspecified atom stereocenters. The Labute approximate surface area is 105 Å². The lowest BCUT2D eigenvalue weighted by molar-refractivity contribution is 0.611. The second kappa shape index (κ2) is 4.83. The van der Waals surface area contributed by atoms with Crippen LogP contribution in [0.2, 0.25) is 0 Å². The fourth-order valence-corrected chi connectivity index (χ4v) is 2.62. The first-order valence-corrected chi connectivity index (χ1v) is 6.54. The summed E-state index contributed by atoms with van der Waals surface area (Å²) in [6.07, 6.45) is 1.94. The Kier molecular flexibility index (Phi) is 3.42. The van der Waals surface area contributed by atoms with E-state index in [9.17, 15) is 0 Å². The first-order chi connectivity index (χ1) is 8.11. The Morgan fingerprint density at radius 3 is 2.71 bits per heavy atom. The van der Waals surface area contributed by atoms with Gasteiger partial charge in [-0.15, -0.1) is 16.4 Å². The molecule has 5 nitrogen and oxygen atoms in total. The predicted octanol–water partition coefficient (Wildman–Crippen LogP) is 1.93. The molecule has 0 bridgehead atoms. The van der Waals surface area contributed by atoms with Crippen molar-refractivity contribution in [2.24, 2.45) is 0 Å². The number of aromatic nitrogens is 4. The zero-order valence-electron chi connectivity index (χ0n) is 10.4. The van der Waals surface area contributed by atoms with Crippen molar-refractivity contribution >= 4 is 17.2 Å².